The molecule has 0 spiro atoms. The monoisotopic (exact) mass is 537 g/mol. The van der Waals surface area contributed by atoms with Crippen LogP contribution >= 0.6 is 11.3 Å². The lowest BCUT2D eigenvalue weighted by molar-refractivity contribution is 1.43. The topological polar surface area (TPSA) is 12.9 Å². The first kappa shape index (κ1) is 22.7. The number of para-hydroxylation sites is 1. The number of hydrogen-bond acceptors (Lipinski definition) is 2. The fraction of sp³-hybridized carbons (Fsp3) is 0. The summed E-state index contributed by atoms with van der Waals surface area (Å²) in [6, 6.07) is 50.5. The third-order valence-corrected chi connectivity index (χ3v) is 9.67. The predicted molar refractivity (Wildman–Crippen MR) is 178 cm³/mol. The summed E-state index contributed by atoms with van der Waals surface area (Å²) in [7, 11) is 0. The summed E-state index contributed by atoms with van der Waals surface area (Å²) in [4.78, 5) is 5.31. The first-order chi connectivity index (χ1) is 20.3. The van der Waals surface area contributed by atoms with Gasteiger partial charge in [0.1, 0.15) is 0 Å². The quantitative estimate of drug-likeness (QED) is 0.200. The number of benzene rings is 7. The number of aromatic nitrogens is 1. The summed E-state index contributed by atoms with van der Waals surface area (Å²) >= 11 is 1.88. The van der Waals surface area contributed by atoms with Crippen LogP contribution in [0.25, 0.3) is 85.8 Å². The van der Waals surface area contributed by atoms with Crippen LogP contribution in [0.4, 0.5) is 0 Å². The lowest BCUT2D eigenvalue weighted by atomic mass is 9.89. The summed E-state index contributed by atoms with van der Waals surface area (Å²) < 4.78 is 2.67. The van der Waals surface area contributed by atoms with E-state index in [0.717, 1.165) is 16.8 Å². The van der Waals surface area contributed by atoms with Crippen LogP contribution in [0.1, 0.15) is 0 Å². The first-order valence-corrected chi connectivity index (χ1v) is 14.8. The summed E-state index contributed by atoms with van der Waals surface area (Å²) in [5.41, 5.74) is 5.70. The molecule has 0 aliphatic rings. The first-order valence-electron chi connectivity index (χ1n) is 14.0. The molecule has 7 aromatic carbocycles. The van der Waals surface area contributed by atoms with Crippen LogP contribution in [-0.4, -0.2) is 4.98 Å². The Morgan fingerprint density at radius 3 is 1.71 bits per heavy atom. The van der Waals surface area contributed by atoms with Gasteiger partial charge in [-0.2, -0.15) is 0 Å². The minimum absolute atomic E-state index is 1.02. The molecule has 0 aliphatic heterocycles. The highest BCUT2D eigenvalue weighted by Gasteiger charge is 2.17. The van der Waals surface area contributed by atoms with Gasteiger partial charge >= 0.3 is 0 Å². The number of pyridine rings is 1. The van der Waals surface area contributed by atoms with E-state index in [1.807, 2.05) is 11.3 Å². The van der Waals surface area contributed by atoms with E-state index in [-0.39, 0.29) is 0 Å². The average Bonchev–Trinajstić information content (AvgIpc) is 3.43. The fourth-order valence-corrected chi connectivity index (χ4v) is 7.86. The second kappa shape index (κ2) is 8.72. The molecule has 2 heteroatoms. The molecule has 41 heavy (non-hydrogen) atoms. The van der Waals surface area contributed by atoms with Crippen molar-refractivity contribution in [3.05, 3.63) is 140 Å². The number of rotatable bonds is 2. The van der Waals surface area contributed by atoms with E-state index in [0.29, 0.717) is 0 Å². The maximum atomic E-state index is 5.31. The van der Waals surface area contributed by atoms with Crippen molar-refractivity contribution in [3.63, 3.8) is 0 Å². The van der Waals surface area contributed by atoms with Crippen LogP contribution < -0.4 is 0 Å². The minimum atomic E-state index is 1.02. The van der Waals surface area contributed by atoms with Crippen molar-refractivity contribution in [3.8, 4) is 22.4 Å². The standard InChI is InChI=1S/C39H23NS/c1-3-13-30-27(10-1)28-11-2-4-14-31(28)37-36(30)33-15-5-7-18-34(33)40-38(37)25-22-20-24(21-23-25)26-16-9-17-32-29-12-6-8-19-35(29)41-39(26)32/h1-23H. The van der Waals surface area contributed by atoms with Crippen molar-refractivity contribution in [2.45, 2.75) is 0 Å². The van der Waals surface area contributed by atoms with Gasteiger partial charge in [-0.05, 0) is 44.8 Å². The highest BCUT2D eigenvalue weighted by molar-refractivity contribution is 7.26. The van der Waals surface area contributed by atoms with Crippen LogP contribution in [0.3, 0.4) is 0 Å². The van der Waals surface area contributed by atoms with E-state index in [2.05, 4.69) is 140 Å². The Morgan fingerprint density at radius 1 is 0.390 bits per heavy atom. The molecule has 2 aromatic heterocycles. The van der Waals surface area contributed by atoms with Gasteiger partial charge in [-0.3, -0.25) is 0 Å². The molecule has 2 heterocycles. The van der Waals surface area contributed by atoms with E-state index in [1.165, 1.54) is 69.0 Å². The van der Waals surface area contributed by atoms with Gasteiger partial charge in [0.25, 0.3) is 0 Å². The Hall–Kier alpha value is -5.05. The highest BCUT2D eigenvalue weighted by Crippen LogP contribution is 2.44. The summed E-state index contributed by atoms with van der Waals surface area (Å²) in [6.07, 6.45) is 0. The molecule has 0 saturated carbocycles. The normalized spacial score (nSPS) is 11.9. The van der Waals surface area contributed by atoms with E-state index < -0.39 is 0 Å². The molecular formula is C39H23NS. The Morgan fingerprint density at radius 2 is 0.951 bits per heavy atom. The molecule has 0 fully saturated rings. The van der Waals surface area contributed by atoms with E-state index >= 15 is 0 Å². The molecule has 0 bridgehead atoms. The summed E-state index contributed by atoms with van der Waals surface area (Å²) in [5, 5.41) is 11.4. The second-order valence-electron chi connectivity index (χ2n) is 10.7. The molecule has 1 nitrogen and oxygen atoms in total. The van der Waals surface area contributed by atoms with Crippen molar-refractivity contribution in [2.24, 2.45) is 0 Å². The SMILES string of the molecule is c1ccc2c(c1)nc(-c1ccc(-c3cccc4c3sc3ccccc34)cc1)c1c3ccccc3c3ccccc3c21. The molecule has 0 saturated heterocycles. The molecule has 0 aliphatic carbocycles. The predicted octanol–water partition coefficient (Wildman–Crippen LogP) is 11.4. The third-order valence-electron chi connectivity index (χ3n) is 8.45. The largest absolute Gasteiger partial charge is 0.247 e. The molecule has 0 atom stereocenters. The minimum Gasteiger partial charge on any atom is -0.247 e. The van der Waals surface area contributed by atoms with Gasteiger partial charge in [0.2, 0.25) is 0 Å². The zero-order valence-electron chi connectivity index (χ0n) is 22.1. The van der Waals surface area contributed by atoms with Crippen molar-refractivity contribution in [1.29, 1.82) is 0 Å². The Kier molecular flexibility index (Phi) is 4.84. The zero-order valence-corrected chi connectivity index (χ0v) is 23.0. The summed E-state index contributed by atoms with van der Waals surface area (Å²) in [6.45, 7) is 0. The van der Waals surface area contributed by atoms with Gasteiger partial charge < -0.3 is 0 Å². The lowest BCUT2D eigenvalue weighted by Crippen LogP contribution is -1.93. The van der Waals surface area contributed by atoms with Crippen molar-refractivity contribution < 1.29 is 0 Å². The molecule has 0 radical (unpaired) electrons. The number of nitrogens with zero attached hydrogens (tertiary/aromatic N) is 1. The molecule has 190 valence electrons. The van der Waals surface area contributed by atoms with Crippen molar-refractivity contribution in [2.75, 3.05) is 0 Å². The van der Waals surface area contributed by atoms with Gasteiger partial charge in [0.05, 0.1) is 11.2 Å². The van der Waals surface area contributed by atoms with Gasteiger partial charge in [-0.15, -0.1) is 11.3 Å². The smallest absolute Gasteiger partial charge is 0.0794 e. The van der Waals surface area contributed by atoms with Gasteiger partial charge in [0.15, 0.2) is 0 Å². The molecular weight excluding hydrogens is 515 g/mol. The van der Waals surface area contributed by atoms with E-state index in [4.69, 9.17) is 4.98 Å². The van der Waals surface area contributed by atoms with Gasteiger partial charge in [-0.1, -0.05) is 127 Å². The van der Waals surface area contributed by atoms with Crippen LogP contribution in [0.2, 0.25) is 0 Å². The van der Waals surface area contributed by atoms with E-state index in [9.17, 15) is 0 Å². The van der Waals surface area contributed by atoms with Crippen molar-refractivity contribution >= 4 is 74.7 Å². The number of thiophene rings is 1. The Labute approximate surface area is 240 Å². The molecule has 0 N–H and O–H groups in total. The number of hydrogen-bond donors (Lipinski definition) is 0. The van der Waals surface area contributed by atoms with Crippen LogP contribution in [0.15, 0.2) is 140 Å². The van der Waals surface area contributed by atoms with Gasteiger partial charge in [0, 0.05) is 41.9 Å². The number of fused-ring (bicyclic) bond motifs is 11. The fourth-order valence-electron chi connectivity index (χ4n) is 6.62. The van der Waals surface area contributed by atoms with Crippen molar-refractivity contribution in [1.82, 2.24) is 4.98 Å². The third kappa shape index (κ3) is 3.32. The maximum absolute atomic E-state index is 5.31. The van der Waals surface area contributed by atoms with Gasteiger partial charge in [-0.25, -0.2) is 4.98 Å². The van der Waals surface area contributed by atoms with Crippen LogP contribution in [-0.2, 0) is 0 Å². The molecule has 0 amide bonds. The Bertz CT molecular complexity index is 2470. The molecule has 9 aromatic rings. The highest BCUT2D eigenvalue weighted by atomic mass is 32.1. The molecule has 9 rings (SSSR count). The lowest BCUT2D eigenvalue weighted by Gasteiger charge is -2.16. The molecule has 0 unspecified atom stereocenters. The zero-order chi connectivity index (χ0) is 26.9. The summed E-state index contributed by atoms with van der Waals surface area (Å²) in [5.74, 6) is 0. The Balaban J connectivity index is 1.33. The van der Waals surface area contributed by atoms with Crippen LogP contribution in [0, 0.1) is 0 Å². The van der Waals surface area contributed by atoms with E-state index in [1.54, 1.807) is 0 Å². The van der Waals surface area contributed by atoms with Crippen LogP contribution in [0.5, 0.6) is 0 Å². The maximum Gasteiger partial charge on any atom is 0.0794 e. The average molecular weight is 538 g/mol. The second-order valence-corrected chi connectivity index (χ2v) is 11.7.